The van der Waals surface area contributed by atoms with E-state index in [0.29, 0.717) is 6.54 Å². The fraction of sp³-hybridized carbons (Fsp3) is 1.00. The van der Waals surface area contributed by atoms with Crippen molar-refractivity contribution in [3.63, 3.8) is 0 Å². The van der Waals surface area contributed by atoms with Gasteiger partial charge in [-0.3, -0.25) is 0 Å². The molecule has 0 atom stereocenters. The van der Waals surface area contributed by atoms with Gasteiger partial charge in [0.1, 0.15) is 0 Å². The number of rotatable bonds is 7. The smallest absolute Gasteiger partial charge is 0.0518 e. The van der Waals surface area contributed by atoms with Gasteiger partial charge >= 0.3 is 0 Å². The summed E-state index contributed by atoms with van der Waals surface area (Å²) in [6, 6.07) is 0. The van der Waals surface area contributed by atoms with E-state index < -0.39 is 5.41 Å². The fourth-order valence-electron chi connectivity index (χ4n) is 2.48. The Labute approximate surface area is 104 Å². The SMILES string of the molecule is CC(CO)(CO)CNCC1(CO)CCCCC1. The summed E-state index contributed by atoms with van der Waals surface area (Å²) in [6.45, 7) is 3.40. The van der Waals surface area contributed by atoms with Crippen LogP contribution >= 0.6 is 0 Å². The van der Waals surface area contributed by atoms with Crippen molar-refractivity contribution in [2.45, 2.75) is 39.0 Å². The first-order valence-electron chi connectivity index (χ1n) is 6.63. The second-order valence-corrected chi connectivity index (χ2v) is 5.95. The molecular formula is C13H27NO3. The molecule has 1 rings (SSSR count). The average Bonchev–Trinajstić information content (AvgIpc) is 2.39. The van der Waals surface area contributed by atoms with Gasteiger partial charge in [0.15, 0.2) is 0 Å². The predicted octanol–water partition coefficient (Wildman–Crippen LogP) is 0.510. The van der Waals surface area contributed by atoms with Crippen molar-refractivity contribution in [3.05, 3.63) is 0 Å². The molecule has 4 heteroatoms. The Morgan fingerprint density at radius 3 is 2.12 bits per heavy atom. The Kier molecular flexibility index (Phi) is 5.86. The van der Waals surface area contributed by atoms with Crippen LogP contribution in [0.15, 0.2) is 0 Å². The van der Waals surface area contributed by atoms with Gasteiger partial charge in [-0.2, -0.15) is 0 Å². The first-order valence-corrected chi connectivity index (χ1v) is 6.63. The Balaban J connectivity index is 2.37. The lowest BCUT2D eigenvalue weighted by Crippen LogP contribution is -2.44. The molecule has 0 unspecified atom stereocenters. The van der Waals surface area contributed by atoms with E-state index in [2.05, 4.69) is 5.32 Å². The molecule has 0 aromatic heterocycles. The van der Waals surface area contributed by atoms with Crippen molar-refractivity contribution in [1.29, 1.82) is 0 Å². The first-order chi connectivity index (χ1) is 8.10. The maximum Gasteiger partial charge on any atom is 0.0518 e. The minimum Gasteiger partial charge on any atom is -0.396 e. The third-order valence-corrected chi connectivity index (χ3v) is 4.06. The monoisotopic (exact) mass is 245 g/mol. The Morgan fingerprint density at radius 2 is 1.65 bits per heavy atom. The second kappa shape index (κ2) is 6.69. The van der Waals surface area contributed by atoms with Crippen molar-refractivity contribution in [1.82, 2.24) is 5.32 Å². The first kappa shape index (κ1) is 14.9. The van der Waals surface area contributed by atoms with Crippen LogP contribution in [0.2, 0.25) is 0 Å². The largest absolute Gasteiger partial charge is 0.396 e. The minimum atomic E-state index is -0.467. The van der Waals surface area contributed by atoms with Gasteiger partial charge in [0, 0.05) is 30.5 Å². The number of hydrogen-bond donors (Lipinski definition) is 4. The summed E-state index contributed by atoms with van der Waals surface area (Å²) in [5.74, 6) is 0. The average molecular weight is 245 g/mol. The number of aliphatic hydroxyl groups is 3. The molecule has 4 N–H and O–H groups in total. The Morgan fingerprint density at radius 1 is 1.06 bits per heavy atom. The highest BCUT2D eigenvalue weighted by molar-refractivity contribution is 4.85. The quantitative estimate of drug-likeness (QED) is 0.527. The summed E-state index contributed by atoms with van der Waals surface area (Å²) < 4.78 is 0. The van der Waals surface area contributed by atoms with Crippen LogP contribution < -0.4 is 5.32 Å². The molecule has 1 aliphatic carbocycles. The topological polar surface area (TPSA) is 72.7 Å². The van der Waals surface area contributed by atoms with Crippen LogP contribution in [0.25, 0.3) is 0 Å². The molecule has 0 spiro atoms. The van der Waals surface area contributed by atoms with E-state index in [1.807, 2.05) is 6.92 Å². The summed E-state index contributed by atoms with van der Waals surface area (Å²) in [7, 11) is 0. The van der Waals surface area contributed by atoms with Crippen LogP contribution in [0.5, 0.6) is 0 Å². The third kappa shape index (κ3) is 4.21. The molecule has 102 valence electrons. The summed E-state index contributed by atoms with van der Waals surface area (Å²) >= 11 is 0. The van der Waals surface area contributed by atoms with Crippen molar-refractivity contribution in [2.24, 2.45) is 10.8 Å². The molecule has 0 saturated heterocycles. The standard InChI is InChI=1S/C13H27NO3/c1-12(9-15,10-16)7-14-8-13(11-17)5-3-2-4-6-13/h14-17H,2-11H2,1H3. The van der Waals surface area contributed by atoms with Gasteiger partial charge in [-0.15, -0.1) is 0 Å². The van der Waals surface area contributed by atoms with E-state index in [1.165, 1.54) is 19.3 Å². The molecule has 0 radical (unpaired) electrons. The van der Waals surface area contributed by atoms with E-state index in [4.69, 9.17) is 0 Å². The van der Waals surface area contributed by atoms with Gasteiger partial charge in [-0.05, 0) is 12.8 Å². The van der Waals surface area contributed by atoms with E-state index in [1.54, 1.807) is 0 Å². The van der Waals surface area contributed by atoms with Crippen molar-refractivity contribution < 1.29 is 15.3 Å². The Bertz CT molecular complexity index is 211. The van der Waals surface area contributed by atoms with Gasteiger partial charge in [0.25, 0.3) is 0 Å². The molecule has 0 heterocycles. The Hall–Kier alpha value is -0.160. The summed E-state index contributed by atoms with van der Waals surface area (Å²) in [4.78, 5) is 0. The van der Waals surface area contributed by atoms with Crippen LogP contribution in [0.1, 0.15) is 39.0 Å². The molecule has 0 aromatic carbocycles. The predicted molar refractivity (Wildman–Crippen MR) is 67.8 cm³/mol. The zero-order chi connectivity index (χ0) is 12.8. The van der Waals surface area contributed by atoms with Crippen molar-refractivity contribution in [2.75, 3.05) is 32.9 Å². The number of aliphatic hydroxyl groups excluding tert-OH is 3. The minimum absolute atomic E-state index is 0.0179. The van der Waals surface area contributed by atoms with Crippen LogP contribution in [-0.2, 0) is 0 Å². The van der Waals surface area contributed by atoms with Crippen LogP contribution in [0.4, 0.5) is 0 Å². The lowest BCUT2D eigenvalue weighted by molar-refractivity contribution is 0.0520. The zero-order valence-electron chi connectivity index (χ0n) is 10.9. The molecular weight excluding hydrogens is 218 g/mol. The van der Waals surface area contributed by atoms with Gasteiger partial charge in [0.05, 0.1) is 13.2 Å². The fourth-order valence-corrected chi connectivity index (χ4v) is 2.48. The van der Waals surface area contributed by atoms with E-state index in [9.17, 15) is 15.3 Å². The second-order valence-electron chi connectivity index (χ2n) is 5.95. The lowest BCUT2D eigenvalue weighted by atomic mass is 9.74. The van der Waals surface area contributed by atoms with Gasteiger partial charge < -0.3 is 20.6 Å². The van der Waals surface area contributed by atoms with Crippen LogP contribution in [-0.4, -0.2) is 48.2 Å². The maximum atomic E-state index is 9.55. The maximum absolute atomic E-state index is 9.55. The van der Waals surface area contributed by atoms with Crippen molar-refractivity contribution in [3.8, 4) is 0 Å². The summed E-state index contributed by atoms with van der Waals surface area (Å²) in [5, 5.41) is 31.2. The summed E-state index contributed by atoms with van der Waals surface area (Å²) in [5.41, 5.74) is -0.449. The molecule has 4 nitrogen and oxygen atoms in total. The normalized spacial score (nSPS) is 20.5. The molecule has 0 bridgehead atoms. The van der Waals surface area contributed by atoms with Crippen molar-refractivity contribution >= 4 is 0 Å². The van der Waals surface area contributed by atoms with Gasteiger partial charge in [-0.1, -0.05) is 26.2 Å². The number of hydrogen-bond acceptors (Lipinski definition) is 4. The summed E-state index contributed by atoms with van der Waals surface area (Å²) in [6.07, 6.45) is 5.81. The molecule has 1 saturated carbocycles. The van der Waals surface area contributed by atoms with E-state index in [-0.39, 0.29) is 25.2 Å². The molecule has 0 aliphatic heterocycles. The molecule has 0 aromatic rings. The highest BCUT2D eigenvalue weighted by atomic mass is 16.3. The molecule has 1 aliphatic rings. The van der Waals surface area contributed by atoms with E-state index >= 15 is 0 Å². The molecule has 1 fully saturated rings. The van der Waals surface area contributed by atoms with Crippen LogP contribution in [0, 0.1) is 10.8 Å². The molecule has 0 amide bonds. The third-order valence-electron chi connectivity index (χ3n) is 4.06. The molecule has 17 heavy (non-hydrogen) atoms. The highest BCUT2D eigenvalue weighted by Crippen LogP contribution is 2.35. The van der Waals surface area contributed by atoms with Gasteiger partial charge in [0.2, 0.25) is 0 Å². The highest BCUT2D eigenvalue weighted by Gasteiger charge is 2.32. The van der Waals surface area contributed by atoms with E-state index in [0.717, 1.165) is 19.4 Å². The van der Waals surface area contributed by atoms with Gasteiger partial charge in [-0.25, -0.2) is 0 Å². The lowest BCUT2D eigenvalue weighted by Gasteiger charge is -2.37. The zero-order valence-corrected chi connectivity index (χ0v) is 10.9. The number of nitrogens with one attached hydrogen (secondary N) is 1. The van der Waals surface area contributed by atoms with Crippen LogP contribution in [0.3, 0.4) is 0 Å².